The van der Waals surface area contributed by atoms with Gasteiger partial charge >= 0.3 is 0 Å². The molecule has 0 bridgehead atoms. The van der Waals surface area contributed by atoms with Crippen LogP contribution in [0.2, 0.25) is 0 Å². The van der Waals surface area contributed by atoms with E-state index in [1.165, 1.54) is 6.07 Å². The highest BCUT2D eigenvalue weighted by molar-refractivity contribution is 7.08. The fourth-order valence-corrected chi connectivity index (χ4v) is 2.75. The Balaban J connectivity index is 1.76. The van der Waals surface area contributed by atoms with Crippen LogP contribution in [0.25, 0.3) is 0 Å². The third kappa shape index (κ3) is 4.83. The second-order valence-corrected chi connectivity index (χ2v) is 6.25. The summed E-state index contributed by atoms with van der Waals surface area (Å²) < 4.78 is 43.2. The predicted molar refractivity (Wildman–Crippen MR) is 96.9 cm³/mol. The van der Waals surface area contributed by atoms with E-state index in [1.807, 2.05) is 0 Å². The minimum absolute atomic E-state index is 0.124. The predicted octanol–water partition coefficient (Wildman–Crippen LogP) is 2.76. The van der Waals surface area contributed by atoms with E-state index >= 15 is 0 Å². The van der Waals surface area contributed by atoms with Crippen molar-refractivity contribution in [1.29, 1.82) is 0 Å². The largest absolute Gasteiger partial charge is 0.320 e. The summed E-state index contributed by atoms with van der Waals surface area (Å²) in [6, 6.07) is 5.65. The molecule has 6 nitrogen and oxygen atoms in total. The van der Waals surface area contributed by atoms with E-state index in [9.17, 15) is 22.8 Å². The maximum absolute atomic E-state index is 13.6. The van der Waals surface area contributed by atoms with E-state index < -0.39 is 30.3 Å². The number of rotatable bonds is 4. The molecule has 0 aromatic carbocycles. The number of aromatic nitrogens is 3. The van der Waals surface area contributed by atoms with Crippen molar-refractivity contribution in [1.82, 2.24) is 13.9 Å². The Morgan fingerprint density at radius 1 is 1.25 bits per heavy atom. The minimum Gasteiger partial charge on any atom is -0.320 e. The number of carbonyl (C=O) groups is 1. The summed E-state index contributed by atoms with van der Waals surface area (Å²) in [5, 5.41) is 2.36. The van der Waals surface area contributed by atoms with Crippen molar-refractivity contribution < 1.29 is 18.0 Å². The van der Waals surface area contributed by atoms with E-state index in [2.05, 4.69) is 26.5 Å². The average molecular weight is 404 g/mol. The lowest BCUT2D eigenvalue weighted by Gasteiger charge is -2.09. The van der Waals surface area contributed by atoms with Crippen molar-refractivity contribution in [3.63, 3.8) is 0 Å². The molecule has 0 aliphatic heterocycles. The van der Waals surface area contributed by atoms with Crippen molar-refractivity contribution in [2.24, 2.45) is 0 Å². The van der Waals surface area contributed by atoms with Crippen LogP contribution in [0.5, 0.6) is 0 Å². The Morgan fingerprint density at radius 3 is 2.71 bits per heavy atom. The zero-order valence-electron chi connectivity index (χ0n) is 14.0. The molecule has 0 aliphatic rings. The molecule has 28 heavy (non-hydrogen) atoms. The third-order valence-corrected chi connectivity index (χ3v) is 4.17. The molecule has 0 atom stereocenters. The molecule has 3 aromatic rings. The Kier molecular flexibility index (Phi) is 5.86. The van der Waals surface area contributed by atoms with E-state index in [-0.39, 0.29) is 10.6 Å². The van der Waals surface area contributed by atoms with E-state index in [0.717, 1.165) is 29.4 Å². The van der Waals surface area contributed by atoms with Gasteiger partial charge in [-0.05, 0) is 35.7 Å². The molecular weight excluding hydrogens is 393 g/mol. The first-order chi connectivity index (χ1) is 13.4. The second-order valence-electron chi connectivity index (χ2n) is 5.44. The van der Waals surface area contributed by atoms with Crippen molar-refractivity contribution in [2.45, 2.75) is 13.0 Å². The normalized spacial score (nSPS) is 10.4. The topological polar surface area (TPSA) is 76.9 Å². The second kappa shape index (κ2) is 8.49. The van der Waals surface area contributed by atoms with Crippen LogP contribution < -0.4 is 10.9 Å². The minimum atomic E-state index is -2.84. The van der Waals surface area contributed by atoms with Gasteiger partial charge in [0.2, 0.25) is 0 Å². The van der Waals surface area contributed by atoms with Gasteiger partial charge in [-0.1, -0.05) is 5.92 Å². The number of pyridine rings is 2. The summed E-state index contributed by atoms with van der Waals surface area (Å²) in [5.41, 5.74) is -0.225. The van der Waals surface area contributed by atoms with Crippen LogP contribution in [0.1, 0.15) is 20.9 Å². The number of hydrogen-bond acceptors (Lipinski definition) is 5. The van der Waals surface area contributed by atoms with Gasteiger partial charge in [0, 0.05) is 30.2 Å². The molecule has 0 spiro atoms. The van der Waals surface area contributed by atoms with Crippen LogP contribution in [0.4, 0.5) is 18.9 Å². The van der Waals surface area contributed by atoms with Gasteiger partial charge in [0.1, 0.15) is 10.6 Å². The van der Waals surface area contributed by atoms with Crippen LogP contribution >= 0.6 is 11.5 Å². The zero-order chi connectivity index (χ0) is 20.1. The Hall–Kier alpha value is -3.45. The number of hydrogen-bond donors (Lipinski definition) is 1. The maximum atomic E-state index is 13.6. The van der Waals surface area contributed by atoms with Crippen LogP contribution in [0, 0.1) is 17.7 Å². The van der Waals surface area contributed by atoms with Gasteiger partial charge in [0.05, 0.1) is 12.2 Å². The van der Waals surface area contributed by atoms with Gasteiger partial charge in [-0.15, -0.1) is 0 Å². The number of nitrogens with one attached hydrogen (secondary N) is 1. The molecule has 0 saturated heterocycles. The molecule has 0 radical (unpaired) electrons. The summed E-state index contributed by atoms with van der Waals surface area (Å²) in [6.07, 6.45) is 1.30. The van der Waals surface area contributed by atoms with Crippen molar-refractivity contribution in [3.8, 4) is 11.8 Å². The first-order valence-electron chi connectivity index (χ1n) is 7.80. The van der Waals surface area contributed by atoms with Crippen LogP contribution in [0.3, 0.4) is 0 Å². The molecule has 3 heterocycles. The number of amides is 1. The monoisotopic (exact) mass is 404 g/mol. The SMILES string of the molecule is O=C(Nc1cc(F)c(=O)n(CC(F)F)c1)c1cc(C#Cc2ccncc2)ns1. The van der Waals surface area contributed by atoms with E-state index in [1.54, 1.807) is 24.5 Å². The average Bonchev–Trinajstić information content (AvgIpc) is 3.14. The van der Waals surface area contributed by atoms with Gasteiger partial charge < -0.3 is 9.88 Å². The fraction of sp³-hybridized carbons (Fsp3) is 0.111. The molecule has 0 unspecified atom stereocenters. The lowest BCUT2D eigenvalue weighted by Crippen LogP contribution is -2.26. The summed E-state index contributed by atoms with van der Waals surface area (Å²) in [5.74, 6) is 3.79. The van der Waals surface area contributed by atoms with E-state index in [0.29, 0.717) is 10.3 Å². The molecular formula is C18H11F3N4O2S. The number of anilines is 1. The Morgan fingerprint density at radius 2 is 2.00 bits per heavy atom. The Labute approximate surface area is 160 Å². The molecule has 142 valence electrons. The number of halogens is 3. The molecule has 0 aliphatic carbocycles. The molecule has 1 N–H and O–H groups in total. The standard InChI is InChI=1S/C18H11F3N4O2S/c19-14-7-13(9-25(18(14)27)10-16(20)21)23-17(26)15-8-12(24-28-15)2-1-11-3-5-22-6-4-11/h3-9,16H,10H2,(H,23,26). The number of nitrogens with zero attached hydrogens (tertiary/aromatic N) is 3. The van der Waals surface area contributed by atoms with Crippen molar-refractivity contribution in [3.05, 3.63) is 75.2 Å². The molecule has 3 rings (SSSR count). The highest BCUT2D eigenvalue weighted by Crippen LogP contribution is 2.14. The zero-order valence-corrected chi connectivity index (χ0v) is 14.8. The molecule has 3 aromatic heterocycles. The van der Waals surface area contributed by atoms with Crippen molar-refractivity contribution >= 4 is 23.1 Å². The molecule has 1 amide bonds. The fourth-order valence-electron chi connectivity index (χ4n) is 2.16. The molecule has 10 heteroatoms. The summed E-state index contributed by atoms with van der Waals surface area (Å²) in [7, 11) is 0. The number of alkyl halides is 2. The lowest BCUT2D eigenvalue weighted by molar-refractivity contribution is 0.103. The van der Waals surface area contributed by atoms with Gasteiger partial charge in [-0.25, -0.2) is 13.2 Å². The van der Waals surface area contributed by atoms with Crippen LogP contribution in [-0.4, -0.2) is 26.3 Å². The first kappa shape index (κ1) is 19.3. The van der Waals surface area contributed by atoms with Crippen LogP contribution in [-0.2, 0) is 6.54 Å². The maximum Gasteiger partial charge on any atom is 0.286 e. The molecule has 0 fully saturated rings. The van der Waals surface area contributed by atoms with Gasteiger partial charge in [-0.3, -0.25) is 14.6 Å². The smallest absolute Gasteiger partial charge is 0.286 e. The first-order valence-corrected chi connectivity index (χ1v) is 8.58. The van der Waals surface area contributed by atoms with Gasteiger partial charge in [0.25, 0.3) is 17.9 Å². The Bertz CT molecular complexity index is 1120. The van der Waals surface area contributed by atoms with Gasteiger partial charge in [-0.2, -0.15) is 4.37 Å². The third-order valence-electron chi connectivity index (χ3n) is 3.38. The van der Waals surface area contributed by atoms with Gasteiger partial charge in [0.15, 0.2) is 5.82 Å². The summed E-state index contributed by atoms with van der Waals surface area (Å²) in [4.78, 5) is 27.9. The quantitative estimate of drug-likeness (QED) is 0.679. The molecule has 0 saturated carbocycles. The van der Waals surface area contributed by atoms with Crippen molar-refractivity contribution in [2.75, 3.05) is 5.32 Å². The summed E-state index contributed by atoms with van der Waals surface area (Å²) in [6.45, 7) is -0.977. The van der Waals surface area contributed by atoms with E-state index in [4.69, 9.17) is 0 Å². The van der Waals surface area contributed by atoms with Crippen LogP contribution in [0.15, 0.2) is 47.7 Å². The highest BCUT2D eigenvalue weighted by atomic mass is 32.1. The lowest BCUT2D eigenvalue weighted by atomic mass is 10.2. The number of carbonyl (C=O) groups excluding carboxylic acids is 1. The summed E-state index contributed by atoms with van der Waals surface area (Å²) >= 11 is 0.875. The highest BCUT2D eigenvalue weighted by Gasteiger charge is 2.14.